The van der Waals surface area contributed by atoms with Crippen LogP contribution in [0, 0.1) is 0 Å². The van der Waals surface area contributed by atoms with Crippen molar-refractivity contribution in [2.24, 2.45) is 0 Å². The summed E-state index contributed by atoms with van der Waals surface area (Å²) in [5.74, 6) is 0.0778. The number of fused-ring (bicyclic) bond motifs is 1. The minimum Gasteiger partial charge on any atom is -0.371 e. The molecule has 0 aliphatic rings. The maximum Gasteiger partial charge on any atom is 0.170 e. The van der Waals surface area contributed by atoms with Crippen LogP contribution < -0.4 is 0 Å². The predicted molar refractivity (Wildman–Crippen MR) is 79.8 cm³/mol. The second-order valence-electron chi connectivity index (χ2n) is 5.17. The van der Waals surface area contributed by atoms with E-state index in [9.17, 15) is 4.79 Å². The zero-order valence-corrected chi connectivity index (χ0v) is 12.6. The van der Waals surface area contributed by atoms with Gasteiger partial charge in [-0.2, -0.15) is 5.10 Å². The molecule has 1 atom stereocenters. The van der Waals surface area contributed by atoms with Gasteiger partial charge in [-0.25, -0.2) is 0 Å². The van der Waals surface area contributed by atoms with Crippen molar-refractivity contribution in [3.63, 3.8) is 0 Å². The minimum absolute atomic E-state index is 0.0778. The van der Waals surface area contributed by atoms with E-state index in [2.05, 4.69) is 12.0 Å². The Morgan fingerprint density at radius 1 is 1.35 bits per heavy atom. The molecule has 4 heteroatoms. The zero-order chi connectivity index (χ0) is 14.8. The molecule has 20 heavy (non-hydrogen) atoms. The Morgan fingerprint density at radius 2 is 2.05 bits per heavy atom. The number of Topliss-reactive ketones (excluding diaryl/α,β-unsaturated/α-hetero) is 1. The number of carbonyl (C=O) groups is 1. The summed E-state index contributed by atoms with van der Waals surface area (Å²) in [6.07, 6.45) is 0.973. The van der Waals surface area contributed by atoms with Gasteiger partial charge in [-0.15, -0.1) is 0 Å². The van der Waals surface area contributed by atoms with Crippen LogP contribution in [0.25, 0.3) is 10.9 Å². The molecule has 0 N–H and O–H groups in total. The Morgan fingerprint density at radius 3 is 2.65 bits per heavy atom. The molecule has 0 aliphatic carbocycles. The molecule has 2 aromatic rings. The molecule has 2 rings (SSSR count). The highest BCUT2D eigenvalue weighted by molar-refractivity contribution is 5.92. The number of aryl methyl sites for hydroxylation is 1. The Bertz CT molecular complexity index is 612. The van der Waals surface area contributed by atoms with Crippen molar-refractivity contribution in [2.45, 2.75) is 45.8 Å². The van der Waals surface area contributed by atoms with Gasteiger partial charge in [0, 0.05) is 19.0 Å². The molecule has 1 aromatic heterocycles. The van der Waals surface area contributed by atoms with E-state index in [0.29, 0.717) is 12.8 Å². The molecule has 1 unspecified atom stereocenters. The minimum atomic E-state index is -0.725. The summed E-state index contributed by atoms with van der Waals surface area (Å²) >= 11 is 0. The third kappa shape index (κ3) is 2.48. The molecule has 0 amide bonds. The fraction of sp³-hybridized carbons (Fsp3) is 0.500. The molecule has 1 aromatic carbocycles. The second-order valence-corrected chi connectivity index (χ2v) is 5.17. The van der Waals surface area contributed by atoms with Gasteiger partial charge in [0.25, 0.3) is 0 Å². The highest BCUT2D eigenvalue weighted by Crippen LogP contribution is 2.23. The lowest BCUT2D eigenvalue weighted by Gasteiger charge is -2.24. The number of rotatable bonds is 6. The van der Waals surface area contributed by atoms with Gasteiger partial charge in [0.1, 0.15) is 5.60 Å². The van der Waals surface area contributed by atoms with Crippen LogP contribution >= 0.6 is 0 Å². The summed E-state index contributed by atoms with van der Waals surface area (Å²) in [4.78, 5) is 12.5. The monoisotopic (exact) mass is 274 g/mol. The number of nitrogens with zero attached hydrogens (tertiary/aromatic N) is 2. The van der Waals surface area contributed by atoms with Crippen molar-refractivity contribution in [3.05, 3.63) is 30.0 Å². The van der Waals surface area contributed by atoms with Crippen molar-refractivity contribution in [2.75, 3.05) is 7.11 Å². The number of hydrogen-bond donors (Lipinski definition) is 0. The Balaban J connectivity index is 2.37. The van der Waals surface area contributed by atoms with Crippen LogP contribution in [0.1, 0.15) is 32.9 Å². The summed E-state index contributed by atoms with van der Waals surface area (Å²) in [5, 5.41) is 5.62. The van der Waals surface area contributed by atoms with E-state index in [-0.39, 0.29) is 5.78 Å². The summed E-state index contributed by atoms with van der Waals surface area (Å²) in [5.41, 5.74) is 1.19. The number of hydrogen-bond acceptors (Lipinski definition) is 3. The van der Waals surface area contributed by atoms with Crippen molar-refractivity contribution in [1.82, 2.24) is 9.78 Å². The lowest BCUT2D eigenvalue weighted by atomic mass is 9.93. The van der Waals surface area contributed by atoms with Crippen molar-refractivity contribution >= 4 is 16.7 Å². The van der Waals surface area contributed by atoms with Gasteiger partial charge in [0.05, 0.1) is 17.6 Å². The Hall–Kier alpha value is -1.68. The highest BCUT2D eigenvalue weighted by Gasteiger charge is 2.31. The first-order valence-electron chi connectivity index (χ1n) is 7.08. The van der Waals surface area contributed by atoms with E-state index in [1.54, 1.807) is 7.11 Å². The number of ether oxygens (including phenoxy) is 1. The number of methoxy groups -OCH3 is 1. The van der Waals surface area contributed by atoms with Crippen molar-refractivity contribution in [1.29, 1.82) is 0 Å². The SMILES string of the molecule is CCn1nc(CC(=O)C(C)(CC)OC)c2ccccc21. The van der Waals surface area contributed by atoms with Gasteiger partial charge in [-0.3, -0.25) is 9.48 Å². The molecule has 0 radical (unpaired) electrons. The molecule has 0 aliphatic heterocycles. The van der Waals surface area contributed by atoms with Crippen LogP contribution in [-0.4, -0.2) is 28.3 Å². The summed E-state index contributed by atoms with van der Waals surface area (Å²) in [6, 6.07) is 8.03. The molecule has 4 nitrogen and oxygen atoms in total. The van der Waals surface area contributed by atoms with Crippen LogP contribution in [0.4, 0.5) is 0 Å². The van der Waals surface area contributed by atoms with Crippen LogP contribution in [0.15, 0.2) is 24.3 Å². The Kier molecular flexibility index (Phi) is 4.23. The quantitative estimate of drug-likeness (QED) is 0.813. The third-order valence-corrected chi connectivity index (χ3v) is 4.08. The van der Waals surface area contributed by atoms with Gasteiger partial charge >= 0.3 is 0 Å². The molecular formula is C16H22N2O2. The molecule has 1 heterocycles. The van der Waals surface area contributed by atoms with Crippen LogP contribution in [0.5, 0.6) is 0 Å². The molecule has 0 fully saturated rings. The first-order chi connectivity index (χ1) is 9.55. The summed E-state index contributed by atoms with van der Waals surface area (Å²) in [6.45, 7) is 6.65. The molecule has 0 saturated carbocycles. The molecular weight excluding hydrogens is 252 g/mol. The molecule has 0 saturated heterocycles. The van der Waals surface area contributed by atoms with Crippen LogP contribution in [0.2, 0.25) is 0 Å². The van der Waals surface area contributed by atoms with E-state index >= 15 is 0 Å². The highest BCUT2D eigenvalue weighted by atomic mass is 16.5. The number of benzene rings is 1. The van der Waals surface area contributed by atoms with E-state index < -0.39 is 5.60 Å². The van der Waals surface area contributed by atoms with Gasteiger partial charge in [-0.05, 0) is 26.3 Å². The smallest absolute Gasteiger partial charge is 0.170 e. The second kappa shape index (κ2) is 5.75. The molecule has 108 valence electrons. The first kappa shape index (κ1) is 14.7. The fourth-order valence-electron chi connectivity index (χ4n) is 2.36. The number of aromatic nitrogens is 2. The fourth-order valence-corrected chi connectivity index (χ4v) is 2.36. The van der Waals surface area contributed by atoms with Crippen molar-refractivity contribution in [3.8, 4) is 0 Å². The molecule has 0 bridgehead atoms. The average Bonchev–Trinajstić information content (AvgIpc) is 2.84. The number of para-hydroxylation sites is 1. The molecule has 0 spiro atoms. The van der Waals surface area contributed by atoms with E-state index in [4.69, 9.17) is 4.74 Å². The third-order valence-electron chi connectivity index (χ3n) is 4.08. The topological polar surface area (TPSA) is 44.1 Å². The van der Waals surface area contributed by atoms with E-state index in [0.717, 1.165) is 23.1 Å². The van der Waals surface area contributed by atoms with E-state index in [1.807, 2.05) is 42.8 Å². The first-order valence-corrected chi connectivity index (χ1v) is 7.08. The lowest BCUT2D eigenvalue weighted by molar-refractivity contribution is -0.138. The normalized spacial score (nSPS) is 14.4. The summed E-state index contributed by atoms with van der Waals surface area (Å²) in [7, 11) is 1.59. The number of ketones is 1. The number of carbonyl (C=O) groups excluding carboxylic acids is 1. The largest absolute Gasteiger partial charge is 0.371 e. The van der Waals surface area contributed by atoms with Gasteiger partial charge in [0.2, 0.25) is 0 Å². The standard InChI is InChI=1S/C16H22N2O2/c1-5-16(3,20-4)15(19)11-13-12-9-7-8-10-14(12)18(6-2)17-13/h7-10H,5-6,11H2,1-4H3. The zero-order valence-electron chi connectivity index (χ0n) is 12.6. The van der Waals surface area contributed by atoms with E-state index in [1.165, 1.54) is 0 Å². The van der Waals surface area contributed by atoms with Crippen molar-refractivity contribution < 1.29 is 9.53 Å². The predicted octanol–water partition coefficient (Wildman–Crippen LogP) is 2.98. The Labute approximate surface area is 119 Å². The van der Waals surface area contributed by atoms with Gasteiger partial charge in [0.15, 0.2) is 5.78 Å². The lowest BCUT2D eigenvalue weighted by Crippen LogP contribution is -2.38. The van der Waals surface area contributed by atoms with Gasteiger partial charge < -0.3 is 4.74 Å². The maximum absolute atomic E-state index is 12.5. The maximum atomic E-state index is 12.5. The van der Waals surface area contributed by atoms with Crippen LogP contribution in [0.3, 0.4) is 0 Å². The average molecular weight is 274 g/mol. The summed E-state index contributed by atoms with van der Waals surface area (Å²) < 4.78 is 7.32. The van der Waals surface area contributed by atoms with Gasteiger partial charge in [-0.1, -0.05) is 25.1 Å². The van der Waals surface area contributed by atoms with Crippen LogP contribution in [-0.2, 0) is 22.5 Å².